The average molecular weight is 253 g/mol. The molecule has 0 spiro atoms. The number of hydrogen-bond acceptors (Lipinski definition) is 3. The van der Waals surface area contributed by atoms with Crippen LogP contribution in [-0.4, -0.2) is 44.4 Å². The van der Waals surface area contributed by atoms with Crippen LogP contribution in [0.25, 0.3) is 0 Å². The number of hydrogen-bond donors (Lipinski definition) is 0. The van der Waals surface area contributed by atoms with Gasteiger partial charge < -0.3 is 9.80 Å². The predicted octanol–water partition coefficient (Wildman–Crippen LogP) is 2.29. The standard InChI is InChI=1S/C13H17ClN2O/c1-15-5-2-6-16(8-7-15)13-4-3-11(10-17)9-12(13)14/h3-4,9-10H,2,5-8H2,1H3. The molecule has 0 aromatic heterocycles. The zero-order chi connectivity index (χ0) is 12.3. The van der Waals surface area contributed by atoms with Crippen molar-refractivity contribution in [3.63, 3.8) is 0 Å². The van der Waals surface area contributed by atoms with Crippen LogP contribution in [0.3, 0.4) is 0 Å². The second-order valence-electron chi connectivity index (χ2n) is 4.47. The van der Waals surface area contributed by atoms with Gasteiger partial charge in [-0.3, -0.25) is 4.79 Å². The monoisotopic (exact) mass is 252 g/mol. The summed E-state index contributed by atoms with van der Waals surface area (Å²) >= 11 is 6.22. The molecule has 2 rings (SSSR count). The Bertz CT molecular complexity index is 408. The molecule has 0 amide bonds. The molecular formula is C13H17ClN2O. The van der Waals surface area contributed by atoms with Crippen LogP contribution in [0.4, 0.5) is 5.69 Å². The molecule has 0 bridgehead atoms. The zero-order valence-electron chi connectivity index (χ0n) is 10.0. The minimum absolute atomic E-state index is 0.630. The van der Waals surface area contributed by atoms with E-state index in [9.17, 15) is 4.79 Å². The number of anilines is 1. The second kappa shape index (κ2) is 5.52. The quantitative estimate of drug-likeness (QED) is 0.755. The Hall–Kier alpha value is -1.06. The van der Waals surface area contributed by atoms with Gasteiger partial charge in [-0.25, -0.2) is 0 Å². The molecule has 4 heteroatoms. The minimum atomic E-state index is 0.630. The number of benzene rings is 1. The molecule has 0 saturated carbocycles. The van der Waals surface area contributed by atoms with E-state index in [0.717, 1.165) is 44.6 Å². The summed E-state index contributed by atoms with van der Waals surface area (Å²) in [5.41, 5.74) is 1.67. The van der Waals surface area contributed by atoms with E-state index < -0.39 is 0 Å². The van der Waals surface area contributed by atoms with Gasteiger partial charge in [-0.15, -0.1) is 0 Å². The van der Waals surface area contributed by atoms with E-state index in [1.54, 1.807) is 6.07 Å². The van der Waals surface area contributed by atoms with E-state index in [0.29, 0.717) is 10.6 Å². The van der Waals surface area contributed by atoms with Crippen molar-refractivity contribution in [1.29, 1.82) is 0 Å². The Morgan fingerprint density at radius 2 is 2.06 bits per heavy atom. The SMILES string of the molecule is CN1CCCN(c2ccc(C=O)cc2Cl)CC1. The lowest BCUT2D eigenvalue weighted by Crippen LogP contribution is -2.28. The summed E-state index contributed by atoms with van der Waals surface area (Å²) in [6.45, 7) is 4.17. The molecule has 1 heterocycles. The Labute approximate surface area is 107 Å². The lowest BCUT2D eigenvalue weighted by Gasteiger charge is -2.24. The summed E-state index contributed by atoms with van der Waals surface area (Å²) in [5, 5.41) is 0.666. The summed E-state index contributed by atoms with van der Waals surface area (Å²) in [6.07, 6.45) is 1.97. The molecule has 1 saturated heterocycles. The molecule has 3 nitrogen and oxygen atoms in total. The molecule has 0 radical (unpaired) electrons. The minimum Gasteiger partial charge on any atom is -0.369 e. The number of aldehydes is 1. The van der Waals surface area contributed by atoms with Gasteiger partial charge in [0.1, 0.15) is 6.29 Å². The van der Waals surface area contributed by atoms with Gasteiger partial charge in [0.25, 0.3) is 0 Å². The van der Waals surface area contributed by atoms with E-state index in [1.807, 2.05) is 12.1 Å². The van der Waals surface area contributed by atoms with Gasteiger partial charge in [0.05, 0.1) is 10.7 Å². The summed E-state index contributed by atoms with van der Waals surface area (Å²) in [6, 6.07) is 5.50. The average Bonchev–Trinajstić information content (AvgIpc) is 2.54. The zero-order valence-corrected chi connectivity index (χ0v) is 10.8. The highest BCUT2D eigenvalue weighted by molar-refractivity contribution is 6.33. The maximum absolute atomic E-state index is 10.7. The number of rotatable bonds is 2. The highest BCUT2D eigenvalue weighted by atomic mass is 35.5. The first kappa shape index (κ1) is 12.4. The summed E-state index contributed by atoms with van der Waals surface area (Å²) in [4.78, 5) is 15.3. The van der Waals surface area contributed by atoms with E-state index in [4.69, 9.17) is 11.6 Å². The lowest BCUT2D eigenvalue weighted by atomic mass is 10.2. The molecule has 1 fully saturated rings. The first-order valence-corrected chi connectivity index (χ1v) is 6.27. The van der Waals surface area contributed by atoms with Gasteiger partial charge in [-0.05, 0) is 38.2 Å². The molecule has 1 aromatic rings. The van der Waals surface area contributed by atoms with Crippen molar-refractivity contribution < 1.29 is 4.79 Å². The number of halogens is 1. The van der Waals surface area contributed by atoms with E-state index in [2.05, 4.69) is 16.8 Å². The van der Waals surface area contributed by atoms with Crippen LogP contribution in [-0.2, 0) is 0 Å². The molecule has 1 aliphatic heterocycles. The molecule has 17 heavy (non-hydrogen) atoms. The highest BCUT2D eigenvalue weighted by Gasteiger charge is 2.14. The first-order chi connectivity index (χ1) is 8.20. The van der Waals surface area contributed by atoms with Gasteiger partial charge in [0.15, 0.2) is 0 Å². The number of nitrogens with zero attached hydrogens (tertiary/aromatic N) is 2. The fourth-order valence-corrected chi connectivity index (χ4v) is 2.45. The van der Waals surface area contributed by atoms with E-state index in [1.165, 1.54) is 0 Å². The topological polar surface area (TPSA) is 23.6 Å². The third-order valence-corrected chi connectivity index (χ3v) is 3.47. The number of carbonyl (C=O) groups excluding carboxylic acids is 1. The van der Waals surface area contributed by atoms with Crippen molar-refractivity contribution in [1.82, 2.24) is 4.90 Å². The van der Waals surface area contributed by atoms with Crippen molar-refractivity contribution in [2.75, 3.05) is 38.1 Å². The van der Waals surface area contributed by atoms with Crippen LogP contribution >= 0.6 is 11.6 Å². The van der Waals surface area contributed by atoms with Crippen LogP contribution in [0, 0.1) is 0 Å². The fraction of sp³-hybridized carbons (Fsp3) is 0.462. The van der Waals surface area contributed by atoms with Gasteiger partial charge in [0, 0.05) is 25.2 Å². The van der Waals surface area contributed by atoms with Crippen LogP contribution in [0.15, 0.2) is 18.2 Å². The Morgan fingerprint density at radius 3 is 2.76 bits per heavy atom. The molecular weight excluding hydrogens is 236 g/mol. The molecule has 0 aliphatic carbocycles. The molecule has 1 aromatic carbocycles. The Balaban J connectivity index is 2.18. The van der Waals surface area contributed by atoms with E-state index >= 15 is 0 Å². The highest BCUT2D eigenvalue weighted by Crippen LogP contribution is 2.27. The van der Waals surface area contributed by atoms with Crippen LogP contribution < -0.4 is 4.90 Å². The van der Waals surface area contributed by atoms with Crippen molar-refractivity contribution in [2.24, 2.45) is 0 Å². The molecule has 92 valence electrons. The molecule has 0 atom stereocenters. The lowest BCUT2D eigenvalue weighted by molar-refractivity contribution is 0.112. The van der Waals surface area contributed by atoms with Crippen molar-refractivity contribution in [2.45, 2.75) is 6.42 Å². The molecule has 0 N–H and O–H groups in total. The smallest absolute Gasteiger partial charge is 0.150 e. The largest absolute Gasteiger partial charge is 0.369 e. The molecule has 1 aliphatic rings. The van der Waals surface area contributed by atoms with Gasteiger partial charge in [0.2, 0.25) is 0 Å². The van der Waals surface area contributed by atoms with Crippen LogP contribution in [0.5, 0.6) is 0 Å². The Kier molecular flexibility index (Phi) is 4.02. The predicted molar refractivity (Wildman–Crippen MR) is 71.2 cm³/mol. The first-order valence-electron chi connectivity index (χ1n) is 5.89. The summed E-state index contributed by atoms with van der Waals surface area (Å²) < 4.78 is 0. The van der Waals surface area contributed by atoms with Gasteiger partial charge in [-0.2, -0.15) is 0 Å². The molecule has 0 unspecified atom stereocenters. The van der Waals surface area contributed by atoms with E-state index in [-0.39, 0.29) is 0 Å². The van der Waals surface area contributed by atoms with Crippen molar-refractivity contribution in [3.05, 3.63) is 28.8 Å². The van der Waals surface area contributed by atoms with Gasteiger partial charge >= 0.3 is 0 Å². The third-order valence-electron chi connectivity index (χ3n) is 3.17. The summed E-state index contributed by atoms with van der Waals surface area (Å²) in [5.74, 6) is 0. The maximum atomic E-state index is 10.7. The van der Waals surface area contributed by atoms with Crippen LogP contribution in [0.2, 0.25) is 5.02 Å². The fourth-order valence-electron chi connectivity index (χ4n) is 2.14. The second-order valence-corrected chi connectivity index (χ2v) is 4.88. The normalized spacial score (nSPS) is 17.9. The van der Waals surface area contributed by atoms with Crippen LogP contribution in [0.1, 0.15) is 16.8 Å². The van der Waals surface area contributed by atoms with Crippen molar-refractivity contribution >= 4 is 23.6 Å². The third kappa shape index (κ3) is 2.99. The number of likely N-dealkylation sites (N-methyl/N-ethyl adjacent to an activating group) is 1. The number of carbonyl (C=O) groups is 1. The van der Waals surface area contributed by atoms with Crippen molar-refractivity contribution in [3.8, 4) is 0 Å². The Morgan fingerprint density at radius 1 is 1.24 bits per heavy atom. The van der Waals surface area contributed by atoms with Gasteiger partial charge in [-0.1, -0.05) is 11.6 Å². The maximum Gasteiger partial charge on any atom is 0.150 e. The summed E-state index contributed by atoms with van der Waals surface area (Å²) in [7, 11) is 2.14.